The molecule has 38 heavy (non-hydrogen) atoms. The quantitative estimate of drug-likeness (QED) is 0.133. The molecule has 2 aliphatic rings. The van der Waals surface area contributed by atoms with E-state index in [0.717, 1.165) is 45.9 Å². The first kappa shape index (κ1) is 23.6. The van der Waals surface area contributed by atoms with Gasteiger partial charge in [0.25, 0.3) is 0 Å². The number of carbonyl (C=O) groups is 1. The van der Waals surface area contributed by atoms with Gasteiger partial charge in [-0.15, -0.1) is 0 Å². The summed E-state index contributed by atoms with van der Waals surface area (Å²) in [4.78, 5) is 23.6. The molecule has 0 amide bonds. The smallest absolute Gasteiger partial charge is 0.193 e. The Balaban J connectivity index is 1.47. The molecule has 0 spiro atoms. The second-order valence-corrected chi connectivity index (χ2v) is 12.0. The van der Waals surface area contributed by atoms with E-state index in [9.17, 15) is 4.79 Å². The Labute approximate surface area is 227 Å². The maximum absolute atomic E-state index is 13.2. The van der Waals surface area contributed by atoms with Crippen LogP contribution in [0, 0.1) is 11.8 Å². The molecule has 5 heteroatoms. The molecular formula is C33H29ClN2O2. The fourth-order valence-electron chi connectivity index (χ4n) is 6.80. The highest BCUT2D eigenvalue weighted by atomic mass is 35.5. The topological polar surface area (TPSA) is 52.1 Å². The van der Waals surface area contributed by atoms with E-state index in [2.05, 4.69) is 39.0 Å². The minimum Gasteiger partial charge on any atom is -0.487 e. The fraction of sp³-hybridized carbons (Fsp3) is 0.303. The lowest BCUT2D eigenvalue weighted by atomic mass is 9.64. The molecular weight excluding hydrogens is 492 g/mol. The predicted molar refractivity (Wildman–Crippen MR) is 153 cm³/mol. The normalized spacial score (nSPS) is 22.2. The first-order valence-corrected chi connectivity index (χ1v) is 13.8. The summed E-state index contributed by atoms with van der Waals surface area (Å²) in [6, 6.07) is 21.0. The van der Waals surface area contributed by atoms with Gasteiger partial charge in [0.2, 0.25) is 0 Å². The predicted octanol–water partition coefficient (Wildman–Crippen LogP) is 8.51. The van der Waals surface area contributed by atoms with Crippen molar-refractivity contribution in [2.45, 2.75) is 51.6 Å². The van der Waals surface area contributed by atoms with Crippen molar-refractivity contribution in [3.8, 4) is 5.75 Å². The lowest BCUT2D eigenvalue weighted by molar-refractivity contribution is -0.0115. The first-order chi connectivity index (χ1) is 18.3. The van der Waals surface area contributed by atoms with Gasteiger partial charge in [-0.1, -0.05) is 49.2 Å². The van der Waals surface area contributed by atoms with Crippen molar-refractivity contribution < 1.29 is 9.53 Å². The molecule has 1 saturated carbocycles. The van der Waals surface area contributed by atoms with Gasteiger partial charge in [0.05, 0.1) is 22.1 Å². The van der Waals surface area contributed by atoms with Crippen molar-refractivity contribution >= 4 is 50.2 Å². The van der Waals surface area contributed by atoms with Gasteiger partial charge in [0.1, 0.15) is 11.4 Å². The van der Waals surface area contributed by atoms with E-state index in [1.54, 1.807) is 24.3 Å². The molecule has 7 rings (SSSR count). The fourth-order valence-corrected chi connectivity index (χ4v) is 6.93. The molecule has 190 valence electrons. The molecule has 1 aliphatic carbocycles. The third kappa shape index (κ3) is 3.61. The van der Waals surface area contributed by atoms with Gasteiger partial charge in [0, 0.05) is 38.4 Å². The summed E-state index contributed by atoms with van der Waals surface area (Å²) in [5.41, 5.74) is 5.47. The number of hydrogen-bond acceptors (Lipinski definition) is 4. The molecule has 3 unspecified atom stereocenters. The molecule has 1 fully saturated rings. The van der Waals surface area contributed by atoms with E-state index >= 15 is 0 Å². The third-order valence-corrected chi connectivity index (χ3v) is 8.95. The Hall–Kier alpha value is -3.50. The van der Waals surface area contributed by atoms with Crippen LogP contribution in [0.15, 0.2) is 66.7 Å². The molecule has 1 aliphatic heterocycles. The van der Waals surface area contributed by atoms with Gasteiger partial charge in [-0.3, -0.25) is 4.79 Å². The largest absolute Gasteiger partial charge is 0.487 e. The van der Waals surface area contributed by atoms with Gasteiger partial charge < -0.3 is 4.74 Å². The van der Waals surface area contributed by atoms with E-state index in [4.69, 9.17) is 26.3 Å². The second kappa shape index (κ2) is 8.51. The number of carbonyl (C=O) groups excluding carboxylic acids is 1. The maximum atomic E-state index is 13.2. The van der Waals surface area contributed by atoms with E-state index in [1.807, 2.05) is 24.3 Å². The molecule has 2 heterocycles. The molecule has 0 saturated heterocycles. The SMILES string of the molecule is CC1CCC2C(C1)c1c(c3ccccc3c3nc4cc(C(=O)c5ccc(Cl)cc5)ccc4nc13)OC2(C)C. The van der Waals surface area contributed by atoms with E-state index in [1.165, 1.54) is 12.0 Å². The summed E-state index contributed by atoms with van der Waals surface area (Å²) in [6.07, 6.45) is 3.52. The molecule has 4 nitrogen and oxygen atoms in total. The number of ether oxygens (including phenoxy) is 1. The van der Waals surface area contributed by atoms with Crippen LogP contribution in [-0.2, 0) is 0 Å². The van der Waals surface area contributed by atoms with E-state index < -0.39 is 0 Å². The first-order valence-electron chi connectivity index (χ1n) is 13.5. The number of ketones is 1. The van der Waals surface area contributed by atoms with Crippen LogP contribution in [0.3, 0.4) is 0 Å². The summed E-state index contributed by atoms with van der Waals surface area (Å²) in [6.45, 7) is 6.85. The zero-order valence-electron chi connectivity index (χ0n) is 21.8. The standard InChI is InChI=1S/C33H29ClN2O2/c1-18-8-14-25-24(16-18)28-30-29(22-6-4-5-7-23(22)32(28)38-33(25,2)3)36-27-17-20(11-15-26(27)35-30)31(37)19-9-12-21(34)13-10-19/h4-7,9-13,15,17-18,24-25H,8,14,16H2,1-3H3. The van der Waals surface area contributed by atoms with Crippen molar-refractivity contribution in [2.75, 3.05) is 0 Å². The molecule has 4 aromatic carbocycles. The highest BCUT2D eigenvalue weighted by molar-refractivity contribution is 6.30. The highest BCUT2D eigenvalue weighted by Gasteiger charge is 2.47. The van der Waals surface area contributed by atoms with Gasteiger partial charge in [-0.2, -0.15) is 0 Å². The highest BCUT2D eigenvalue weighted by Crippen LogP contribution is 2.56. The van der Waals surface area contributed by atoms with Crippen molar-refractivity contribution in [1.29, 1.82) is 0 Å². The average molecular weight is 521 g/mol. The van der Waals surface area contributed by atoms with Crippen LogP contribution < -0.4 is 4.74 Å². The van der Waals surface area contributed by atoms with Gasteiger partial charge in [-0.25, -0.2) is 9.97 Å². The van der Waals surface area contributed by atoms with Crippen LogP contribution in [0.25, 0.3) is 32.8 Å². The number of fused-ring (bicyclic) bond motifs is 9. The number of benzene rings is 4. The Bertz CT molecular complexity index is 1760. The molecule has 1 aromatic heterocycles. The second-order valence-electron chi connectivity index (χ2n) is 11.6. The zero-order valence-corrected chi connectivity index (χ0v) is 22.5. The molecule has 0 N–H and O–H groups in total. The van der Waals surface area contributed by atoms with E-state index in [-0.39, 0.29) is 11.4 Å². The van der Waals surface area contributed by atoms with E-state index in [0.29, 0.717) is 39.4 Å². The van der Waals surface area contributed by atoms with Crippen molar-refractivity contribution in [3.05, 3.63) is 88.4 Å². The van der Waals surface area contributed by atoms with Gasteiger partial charge in [0.15, 0.2) is 5.78 Å². The van der Waals surface area contributed by atoms with Crippen molar-refractivity contribution in [2.24, 2.45) is 11.8 Å². The molecule has 0 radical (unpaired) electrons. The minimum absolute atomic E-state index is 0.0598. The molecule has 3 atom stereocenters. The minimum atomic E-state index is -0.241. The van der Waals surface area contributed by atoms with Crippen LogP contribution in [0.5, 0.6) is 5.75 Å². The van der Waals surface area contributed by atoms with Crippen LogP contribution in [0.1, 0.15) is 67.4 Å². The van der Waals surface area contributed by atoms with Gasteiger partial charge in [-0.05, 0) is 81.0 Å². The molecule has 0 bridgehead atoms. The summed E-state index contributed by atoms with van der Waals surface area (Å²) in [5, 5.41) is 2.72. The number of aromatic nitrogens is 2. The Morgan fingerprint density at radius 1 is 0.895 bits per heavy atom. The van der Waals surface area contributed by atoms with Gasteiger partial charge >= 0.3 is 0 Å². The third-order valence-electron chi connectivity index (χ3n) is 8.70. The number of halogens is 1. The Morgan fingerprint density at radius 2 is 1.61 bits per heavy atom. The monoisotopic (exact) mass is 520 g/mol. The maximum Gasteiger partial charge on any atom is 0.193 e. The summed E-state index contributed by atoms with van der Waals surface area (Å²) < 4.78 is 6.84. The Morgan fingerprint density at radius 3 is 2.39 bits per heavy atom. The number of nitrogens with zero attached hydrogens (tertiary/aromatic N) is 2. The van der Waals surface area contributed by atoms with Crippen molar-refractivity contribution in [3.63, 3.8) is 0 Å². The van der Waals surface area contributed by atoms with Crippen LogP contribution >= 0.6 is 11.6 Å². The van der Waals surface area contributed by atoms with Crippen LogP contribution in [0.4, 0.5) is 0 Å². The number of hydrogen-bond donors (Lipinski definition) is 0. The van der Waals surface area contributed by atoms with Crippen molar-refractivity contribution in [1.82, 2.24) is 9.97 Å². The van der Waals surface area contributed by atoms with Crippen LogP contribution in [0.2, 0.25) is 5.02 Å². The summed E-state index contributed by atoms with van der Waals surface area (Å²) in [5.74, 6) is 2.39. The average Bonchev–Trinajstić information content (AvgIpc) is 2.91. The number of rotatable bonds is 2. The lowest BCUT2D eigenvalue weighted by Gasteiger charge is -2.49. The van der Waals surface area contributed by atoms with Crippen LogP contribution in [-0.4, -0.2) is 21.4 Å². The summed E-state index contributed by atoms with van der Waals surface area (Å²) >= 11 is 6.02. The summed E-state index contributed by atoms with van der Waals surface area (Å²) in [7, 11) is 0. The Kier molecular flexibility index (Phi) is 5.28. The lowest BCUT2D eigenvalue weighted by Crippen LogP contribution is -2.46. The zero-order chi connectivity index (χ0) is 26.2. The molecule has 5 aromatic rings.